The maximum Gasteiger partial charge on any atom is 0.339 e. The van der Waals surface area contributed by atoms with Gasteiger partial charge in [-0.2, -0.15) is 0 Å². The van der Waals surface area contributed by atoms with Crippen molar-refractivity contribution in [1.82, 2.24) is 0 Å². The van der Waals surface area contributed by atoms with Crippen LogP contribution in [0.15, 0.2) is 10.5 Å². The molecule has 1 rings (SSSR count). The average molecular weight is 251 g/mol. The number of phenolic OH excluding ortho intramolecular Hbond substituents is 1. The summed E-state index contributed by atoms with van der Waals surface area (Å²) in [6.45, 7) is 0. The number of hydrogen-bond acceptors (Lipinski definition) is 3. The number of carboxylic acid groups (broad SMARTS) is 1. The quantitative estimate of drug-likeness (QED) is 0.664. The second-order valence-corrected chi connectivity index (χ2v) is 3.08. The molecular weight excluding hydrogens is 247 g/mol. The number of aromatic hydroxyl groups is 2. The van der Waals surface area contributed by atoms with E-state index in [0.717, 1.165) is 6.07 Å². The van der Waals surface area contributed by atoms with Gasteiger partial charge < -0.3 is 15.3 Å². The molecule has 0 unspecified atom stereocenters. The first kappa shape index (κ1) is 9.79. The number of carbonyl (C=O) groups is 1. The van der Waals surface area contributed by atoms with Crippen LogP contribution in [-0.4, -0.2) is 21.3 Å². The molecule has 0 aromatic heterocycles. The highest BCUT2D eigenvalue weighted by atomic mass is 79.9. The standard InChI is InChI=1S/C7H4BrFO4/c8-3-1-2(7(12)13)5(10)6(11)4(3)9/h1,10-11H,(H,12,13). The number of halogens is 2. The summed E-state index contributed by atoms with van der Waals surface area (Å²) >= 11 is 2.69. The average Bonchev–Trinajstić information content (AvgIpc) is 2.07. The number of benzene rings is 1. The van der Waals surface area contributed by atoms with Gasteiger partial charge in [0.2, 0.25) is 0 Å². The van der Waals surface area contributed by atoms with Crippen molar-refractivity contribution in [2.24, 2.45) is 0 Å². The molecule has 0 atom stereocenters. The van der Waals surface area contributed by atoms with Gasteiger partial charge in [-0.25, -0.2) is 9.18 Å². The first-order valence-corrected chi connectivity index (χ1v) is 3.87. The van der Waals surface area contributed by atoms with Gasteiger partial charge in [0.25, 0.3) is 0 Å². The minimum atomic E-state index is -1.45. The van der Waals surface area contributed by atoms with E-state index in [0.29, 0.717) is 0 Å². The third-order valence-corrected chi connectivity index (χ3v) is 1.98. The van der Waals surface area contributed by atoms with Gasteiger partial charge in [-0.1, -0.05) is 0 Å². The maximum absolute atomic E-state index is 12.8. The van der Waals surface area contributed by atoms with E-state index in [1.165, 1.54) is 0 Å². The molecule has 0 bridgehead atoms. The minimum absolute atomic E-state index is 0.222. The molecule has 0 spiro atoms. The van der Waals surface area contributed by atoms with Crippen LogP contribution in [0.25, 0.3) is 0 Å². The zero-order chi connectivity index (χ0) is 10.2. The Bertz CT molecular complexity index is 377. The first-order valence-electron chi connectivity index (χ1n) is 3.08. The molecule has 0 saturated heterocycles. The third-order valence-electron chi connectivity index (χ3n) is 1.40. The Morgan fingerprint density at radius 1 is 1.38 bits per heavy atom. The molecule has 0 aliphatic heterocycles. The van der Waals surface area contributed by atoms with Crippen molar-refractivity contribution >= 4 is 21.9 Å². The predicted octanol–water partition coefficient (Wildman–Crippen LogP) is 1.70. The van der Waals surface area contributed by atoms with E-state index < -0.39 is 28.8 Å². The zero-order valence-electron chi connectivity index (χ0n) is 6.08. The lowest BCUT2D eigenvalue weighted by atomic mass is 10.2. The molecule has 6 heteroatoms. The van der Waals surface area contributed by atoms with Crippen LogP contribution in [0.1, 0.15) is 10.4 Å². The topological polar surface area (TPSA) is 77.8 Å². The molecule has 4 nitrogen and oxygen atoms in total. The van der Waals surface area contributed by atoms with Crippen LogP contribution in [0.5, 0.6) is 11.5 Å². The fraction of sp³-hybridized carbons (Fsp3) is 0. The van der Waals surface area contributed by atoms with Gasteiger partial charge in [0.15, 0.2) is 17.3 Å². The van der Waals surface area contributed by atoms with Crippen molar-refractivity contribution in [2.45, 2.75) is 0 Å². The normalized spacial score (nSPS) is 10.0. The summed E-state index contributed by atoms with van der Waals surface area (Å²) in [5.41, 5.74) is -0.564. The van der Waals surface area contributed by atoms with Gasteiger partial charge in [0.1, 0.15) is 5.56 Å². The Hall–Kier alpha value is -1.30. The SMILES string of the molecule is O=C(O)c1cc(Br)c(F)c(O)c1O. The number of phenols is 2. The van der Waals surface area contributed by atoms with Crippen LogP contribution in [0.2, 0.25) is 0 Å². The largest absolute Gasteiger partial charge is 0.504 e. The van der Waals surface area contributed by atoms with Crippen LogP contribution in [0.3, 0.4) is 0 Å². The van der Waals surface area contributed by atoms with Gasteiger partial charge in [-0.15, -0.1) is 0 Å². The smallest absolute Gasteiger partial charge is 0.339 e. The predicted molar refractivity (Wildman–Crippen MR) is 44.4 cm³/mol. The summed E-state index contributed by atoms with van der Waals surface area (Å²) < 4.78 is 12.6. The summed E-state index contributed by atoms with van der Waals surface area (Å²) in [5.74, 6) is -4.60. The molecule has 0 radical (unpaired) electrons. The van der Waals surface area contributed by atoms with Crippen molar-refractivity contribution in [3.63, 3.8) is 0 Å². The summed E-state index contributed by atoms with van der Waals surface area (Å²) in [6.07, 6.45) is 0. The lowest BCUT2D eigenvalue weighted by Crippen LogP contribution is -1.98. The Morgan fingerprint density at radius 2 is 1.92 bits per heavy atom. The summed E-state index contributed by atoms with van der Waals surface area (Å²) in [5, 5.41) is 26.4. The van der Waals surface area contributed by atoms with E-state index in [9.17, 15) is 9.18 Å². The fourth-order valence-electron chi connectivity index (χ4n) is 0.766. The lowest BCUT2D eigenvalue weighted by molar-refractivity contribution is 0.0692. The minimum Gasteiger partial charge on any atom is -0.504 e. The molecule has 3 N–H and O–H groups in total. The number of rotatable bonds is 1. The molecule has 13 heavy (non-hydrogen) atoms. The van der Waals surface area contributed by atoms with Crippen molar-refractivity contribution in [1.29, 1.82) is 0 Å². The third kappa shape index (κ3) is 1.57. The highest BCUT2D eigenvalue weighted by Crippen LogP contribution is 2.36. The zero-order valence-corrected chi connectivity index (χ0v) is 7.67. The molecule has 0 aliphatic carbocycles. The van der Waals surface area contributed by atoms with Crippen molar-refractivity contribution in [3.8, 4) is 11.5 Å². The Morgan fingerprint density at radius 3 is 2.38 bits per heavy atom. The summed E-state index contributed by atoms with van der Waals surface area (Å²) in [6, 6.07) is 0.868. The molecule has 0 heterocycles. The molecule has 1 aromatic carbocycles. The van der Waals surface area contributed by atoms with Gasteiger partial charge in [0, 0.05) is 0 Å². The Kier molecular flexibility index (Phi) is 2.42. The van der Waals surface area contributed by atoms with Crippen molar-refractivity contribution in [3.05, 3.63) is 21.9 Å². The van der Waals surface area contributed by atoms with E-state index in [1.54, 1.807) is 0 Å². The highest BCUT2D eigenvalue weighted by Gasteiger charge is 2.19. The molecule has 0 aliphatic rings. The van der Waals surface area contributed by atoms with E-state index in [4.69, 9.17) is 15.3 Å². The Labute approximate surface area is 80.4 Å². The molecule has 0 fully saturated rings. The monoisotopic (exact) mass is 250 g/mol. The second-order valence-electron chi connectivity index (χ2n) is 2.22. The number of aromatic carboxylic acids is 1. The first-order chi connectivity index (χ1) is 5.95. The van der Waals surface area contributed by atoms with Crippen LogP contribution in [0, 0.1) is 5.82 Å². The fourth-order valence-corrected chi connectivity index (χ4v) is 1.18. The molecule has 70 valence electrons. The molecule has 0 amide bonds. The molecule has 1 aromatic rings. The van der Waals surface area contributed by atoms with Gasteiger partial charge in [-0.05, 0) is 22.0 Å². The maximum atomic E-state index is 12.8. The number of carboxylic acids is 1. The van der Waals surface area contributed by atoms with Crippen LogP contribution in [0.4, 0.5) is 4.39 Å². The van der Waals surface area contributed by atoms with Gasteiger partial charge in [-0.3, -0.25) is 0 Å². The van der Waals surface area contributed by atoms with Gasteiger partial charge >= 0.3 is 5.97 Å². The van der Waals surface area contributed by atoms with Gasteiger partial charge in [0.05, 0.1) is 4.47 Å². The molecular formula is C7H4BrFO4. The summed E-state index contributed by atoms with van der Waals surface area (Å²) in [4.78, 5) is 10.4. The summed E-state index contributed by atoms with van der Waals surface area (Å²) in [7, 11) is 0. The number of hydrogen-bond donors (Lipinski definition) is 3. The molecule has 0 saturated carbocycles. The van der Waals surface area contributed by atoms with Crippen molar-refractivity contribution in [2.75, 3.05) is 0 Å². The van der Waals surface area contributed by atoms with E-state index >= 15 is 0 Å². The van der Waals surface area contributed by atoms with E-state index in [2.05, 4.69) is 15.9 Å². The highest BCUT2D eigenvalue weighted by molar-refractivity contribution is 9.10. The van der Waals surface area contributed by atoms with Crippen LogP contribution in [-0.2, 0) is 0 Å². The van der Waals surface area contributed by atoms with Crippen LogP contribution < -0.4 is 0 Å². The van der Waals surface area contributed by atoms with Crippen molar-refractivity contribution < 1.29 is 24.5 Å². The lowest BCUT2D eigenvalue weighted by Gasteiger charge is -2.04. The second kappa shape index (κ2) is 3.21. The van der Waals surface area contributed by atoms with E-state index in [1.807, 2.05) is 0 Å². The Balaban J connectivity index is 3.50. The van der Waals surface area contributed by atoms with E-state index in [-0.39, 0.29) is 4.47 Å². The van der Waals surface area contributed by atoms with Crippen LogP contribution >= 0.6 is 15.9 Å².